The summed E-state index contributed by atoms with van der Waals surface area (Å²) in [4.78, 5) is 8.78. The molecule has 0 unspecified atom stereocenters. The average Bonchev–Trinajstić information content (AvgIpc) is 2.43. The van der Waals surface area contributed by atoms with Gasteiger partial charge in [-0.05, 0) is 13.0 Å². The third kappa shape index (κ3) is 32.6. The number of hydrogen-bond donors (Lipinski definition) is 3. The SMILES string of the molecule is CCCCCCCCCCCCCCCCN.NC(=O)O. The summed E-state index contributed by atoms with van der Waals surface area (Å²) in [6.07, 6.45) is 18.5. The van der Waals surface area contributed by atoms with Crippen LogP contribution < -0.4 is 11.5 Å². The van der Waals surface area contributed by atoms with Crippen LogP contribution >= 0.6 is 0 Å². The minimum atomic E-state index is -1.33. The molecule has 0 aromatic heterocycles. The van der Waals surface area contributed by atoms with E-state index in [1.54, 1.807) is 0 Å². The molecule has 21 heavy (non-hydrogen) atoms. The summed E-state index contributed by atoms with van der Waals surface area (Å²) in [6, 6.07) is 0. The highest BCUT2D eigenvalue weighted by atomic mass is 16.4. The van der Waals surface area contributed by atoms with Crippen LogP contribution in [0.15, 0.2) is 0 Å². The summed E-state index contributed by atoms with van der Waals surface area (Å²) in [5.74, 6) is 0. The monoisotopic (exact) mass is 302 g/mol. The van der Waals surface area contributed by atoms with Gasteiger partial charge < -0.3 is 16.6 Å². The Morgan fingerprint density at radius 3 is 1.19 bits per heavy atom. The first-order valence-electron chi connectivity index (χ1n) is 8.83. The van der Waals surface area contributed by atoms with Crippen molar-refractivity contribution in [3.05, 3.63) is 0 Å². The Hall–Kier alpha value is -0.770. The molecule has 128 valence electrons. The predicted molar refractivity (Wildman–Crippen MR) is 91.6 cm³/mol. The van der Waals surface area contributed by atoms with Crippen molar-refractivity contribution < 1.29 is 9.90 Å². The van der Waals surface area contributed by atoms with Crippen LogP contribution in [0.1, 0.15) is 96.8 Å². The van der Waals surface area contributed by atoms with Crippen LogP contribution in [-0.2, 0) is 0 Å². The minimum absolute atomic E-state index is 0.873. The third-order valence-corrected chi connectivity index (χ3v) is 3.56. The molecular weight excluding hydrogens is 264 g/mol. The quantitative estimate of drug-likeness (QED) is 0.392. The van der Waals surface area contributed by atoms with Crippen molar-refractivity contribution in [2.75, 3.05) is 6.54 Å². The highest BCUT2D eigenvalue weighted by molar-refractivity contribution is 5.61. The maximum Gasteiger partial charge on any atom is 0.402 e. The van der Waals surface area contributed by atoms with Gasteiger partial charge in [0.25, 0.3) is 0 Å². The maximum absolute atomic E-state index is 8.78. The van der Waals surface area contributed by atoms with E-state index >= 15 is 0 Å². The van der Waals surface area contributed by atoms with Gasteiger partial charge in [-0.25, -0.2) is 4.79 Å². The minimum Gasteiger partial charge on any atom is -0.465 e. The molecule has 5 N–H and O–H groups in total. The maximum atomic E-state index is 8.78. The Morgan fingerprint density at radius 1 is 0.714 bits per heavy atom. The van der Waals surface area contributed by atoms with Gasteiger partial charge in [0, 0.05) is 0 Å². The first-order chi connectivity index (χ1) is 10.1. The molecular formula is C17H38N2O2. The zero-order valence-electron chi connectivity index (χ0n) is 14.1. The van der Waals surface area contributed by atoms with Crippen molar-refractivity contribution in [2.24, 2.45) is 11.5 Å². The van der Waals surface area contributed by atoms with Crippen molar-refractivity contribution in [1.82, 2.24) is 0 Å². The molecule has 0 aliphatic carbocycles. The van der Waals surface area contributed by atoms with E-state index in [-0.39, 0.29) is 0 Å². The molecule has 0 aromatic carbocycles. The Balaban J connectivity index is 0. The van der Waals surface area contributed by atoms with Gasteiger partial charge in [0.05, 0.1) is 0 Å². The smallest absolute Gasteiger partial charge is 0.402 e. The van der Waals surface area contributed by atoms with E-state index in [0.29, 0.717) is 0 Å². The van der Waals surface area contributed by atoms with Crippen molar-refractivity contribution >= 4 is 6.09 Å². The summed E-state index contributed by atoms with van der Waals surface area (Å²) in [5, 5.41) is 7.19. The second kappa shape index (κ2) is 21.5. The highest BCUT2D eigenvalue weighted by Crippen LogP contribution is 2.12. The summed E-state index contributed by atoms with van der Waals surface area (Å²) < 4.78 is 0. The van der Waals surface area contributed by atoms with Gasteiger partial charge in [-0.1, -0.05) is 90.4 Å². The van der Waals surface area contributed by atoms with Gasteiger partial charge in [-0.2, -0.15) is 0 Å². The molecule has 0 fully saturated rings. The van der Waals surface area contributed by atoms with Gasteiger partial charge in [-0.3, -0.25) is 0 Å². The van der Waals surface area contributed by atoms with E-state index in [9.17, 15) is 0 Å². The molecule has 0 bridgehead atoms. The summed E-state index contributed by atoms with van der Waals surface area (Å²) in [7, 11) is 0. The van der Waals surface area contributed by atoms with Crippen LogP contribution in [-0.4, -0.2) is 17.7 Å². The molecule has 0 radical (unpaired) electrons. The molecule has 4 nitrogen and oxygen atoms in total. The van der Waals surface area contributed by atoms with E-state index in [0.717, 1.165) is 6.54 Å². The predicted octanol–water partition coefficient (Wildman–Crippen LogP) is 5.05. The first-order valence-corrected chi connectivity index (χ1v) is 8.83. The number of carbonyl (C=O) groups is 1. The highest BCUT2D eigenvalue weighted by Gasteiger charge is 1.93. The van der Waals surface area contributed by atoms with Gasteiger partial charge in [0.1, 0.15) is 0 Å². The Labute approximate surface area is 131 Å². The van der Waals surface area contributed by atoms with E-state index in [4.69, 9.17) is 15.6 Å². The lowest BCUT2D eigenvalue weighted by molar-refractivity contribution is 0.205. The van der Waals surface area contributed by atoms with Crippen LogP contribution in [0.2, 0.25) is 0 Å². The van der Waals surface area contributed by atoms with Gasteiger partial charge >= 0.3 is 6.09 Å². The molecule has 0 spiro atoms. The van der Waals surface area contributed by atoms with E-state index in [1.165, 1.54) is 89.9 Å². The normalized spacial score (nSPS) is 10.0. The fourth-order valence-corrected chi connectivity index (χ4v) is 2.34. The first kappa shape index (κ1) is 22.5. The van der Waals surface area contributed by atoms with Crippen molar-refractivity contribution in [3.8, 4) is 0 Å². The second-order valence-electron chi connectivity index (χ2n) is 5.72. The Kier molecular flexibility index (Phi) is 23.1. The number of amides is 1. The zero-order chi connectivity index (χ0) is 16.2. The summed E-state index contributed by atoms with van der Waals surface area (Å²) in [5.41, 5.74) is 9.50. The van der Waals surface area contributed by atoms with Crippen molar-refractivity contribution in [3.63, 3.8) is 0 Å². The Bertz CT molecular complexity index is 181. The molecule has 0 aromatic rings. The topological polar surface area (TPSA) is 89.3 Å². The Morgan fingerprint density at radius 2 is 0.952 bits per heavy atom. The van der Waals surface area contributed by atoms with Gasteiger partial charge in [-0.15, -0.1) is 0 Å². The van der Waals surface area contributed by atoms with E-state index in [1.807, 2.05) is 0 Å². The summed E-state index contributed by atoms with van der Waals surface area (Å²) >= 11 is 0. The van der Waals surface area contributed by atoms with Crippen LogP contribution in [0, 0.1) is 0 Å². The number of unbranched alkanes of at least 4 members (excludes halogenated alkanes) is 13. The van der Waals surface area contributed by atoms with Crippen molar-refractivity contribution in [2.45, 2.75) is 96.8 Å². The molecule has 4 heteroatoms. The standard InChI is InChI=1S/C16H35N.CH3NO2/c1-2-3-4-5-6-7-8-9-10-11-12-13-14-15-16-17;2-1(3)4/h2-17H2,1H3;2H2,(H,3,4). The summed E-state index contributed by atoms with van der Waals surface area (Å²) in [6.45, 7) is 3.16. The average molecular weight is 303 g/mol. The lowest BCUT2D eigenvalue weighted by Crippen LogP contribution is -2.03. The lowest BCUT2D eigenvalue weighted by Gasteiger charge is -2.02. The molecule has 0 atom stereocenters. The fourth-order valence-electron chi connectivity index (χ4n) is 2.34. The molecule has 0 saturated carbocycles. The molecule has 0 aliphatic heterocycles. The lowest BCUT2D eigenvalue weighted by atomic mass is 10.0. The number of rotatable bonds is 14. The van der Waals surface area contributed by atoms with Crippen molar-refractivity contribution in [1.29, 1.82) is 0 Å². The molecule has 0 aliphatic rings. The number of primary amides is 1. The van der Waals surface area contributed by atoms with Crippen LogP contribution in [0.5, 0.6) is 0 Å². The van der Waals surface area contributed by atoms with Gasteiger partial charge in [0.2, 0.25) is 0 Å². The molecule has 0 rings (SSSR count). The second-order valence-corrected chi connectivity index (χ2v) is 5.72. The number of hydrogen-bond acceptors (Lipinski definition) is 2. The van der Waals surface area contributed by atoms with E-state index in [2.05, 4.69) is 12.7 Å². The fraction of sp³-hybridized carbons (Fsp3) is 0.941. The van der Waals surface area contributed by atoms with Crippen LogP contribution in [0.4, 0.5) is 4.79 Å². The van der Waals surface area contributed by atoms with Crippen LogP contribution in [0.25, 0.3) is 0 Å². The van der Waals surface area contributed by atoms with E-state index < -0.39 is 6.09 Å². The number of carboxylic acid groups (broad SMARTS) is 1. The zero-order valence-corrected chi connectivity index (χ0v) is 14.1. The van der Waals surface area contributed by atoms with Gasteiger partial charge in [0.15, 0.2) is 0 Å². The molecule has 1 amide bonds. The van der Waals surface area contributed by atoms with Crippen LogP contribution in [0.3, 0.4) is 0 Å². The third-order valence-electron chi connectivity index (χ3n) is 3.56. The molecule has 0 heterocycles. The largest absolute Gasteiger partial charge is 0.465 e. The number of nitrogens with two attached hydrogens (primary N) is 2. The molecule has 0 saturated heterocycles.